The first kappa shape index (κ1) is 24.2. The van der Waals surface area contributed by atoms with Crippen molar-refractivity contribution in [3.8, 4) is 0 Å². The Balaban J connectivity index is 1.85. The number of hydrogen-bond donors (Lipinski definition) is 5. The Bertz CT molecular complexity index is 1200. The maximum Gasteiger partial charge on any atom is 0.325 e. The molecule has 1 aromatic heterocycles. The summed E-state index contributed by atoms with van der Waals surface area (Å²) in [5, 5.41) is 15.2. The fourth-order valence-electron chi connectivity index (χ4n) is 3.55. The average molecular weight is 461 g/mol. The minimum Gasteiger partial charge on any atom is -0.465 e. The van der Waals surface area contributed by atoms with E-state index in [1.54, 1.807) is 49.6 Å². The van der Waals surface area contributed by atoms with E-state index in [2.05, 4.69) is 4.98 Å². The number of nitrogen functional groups attached to an aromatic ring is 2. The predicted molar refractivity (Wildman–Crippen MR) is 130 cm³/mol. The number of nitrogens with zero attached hydrogens (tertiary/aromatic N) is 1. The van der Waals surface area contributed by atoms with Crippen LogP contribution in [0.25, 0.3) is 0 Å². The van der Waals surface area contributed by atoms with Crippen LogP contribution in [-0.2, 0) is 22.5 Å². The summed E-state index contributed by atoms with van der Waals surface area (Å²) < 4.78 is 5.07. The van der Waals surface area contributed by atoms with Crippen molar-refractivity contribution in [2.45, 2.75) is 19.9 Å². The van der Waals surface area contributed by atoms with E-state index in [0.717, 1.165) is 16.7 Å². The molecule has 1 heterocycles. The van der Waals surface area contributed by atoms with Gasteiger partial charge in [0.25, 0.3) is 5.91 Å². The van der Waals surface area contributed by atoms with Gasteiger partial charge in [-0.25, -0.2) is 0 Å². The molecule has 0 aliphatic heterocycles. The van der Waals surface area contributed by atoms with Gasteiger partial charge in [0.05, 0.1) is 12.2 Å². The summed E-state index contributed by atoms with van der Waals surface area (Å²) in [5.41, 5.74) is 15.2. The summed E-state index contributed by atoms with van der Waals surface area (Å²) in [6.07, 6.45) is 3.85. The number of aromatic amines is 1. The van der Waals surface area contributed by atoms with Crippen molar-refractivity contribution in [1.82, 2.24) is 9.88 Å². The molecule has 9 nitrogen and oxygen atoms in total. The predicted octanol–water partition coefficient (Wildman–Crippen LogP) is 2.38. The van der Waals surface area contributed by atoms with Crippen LogP contribution >= 0.6 is 0 Å². The maximum absolute atomic E-state index is 13.5. The van der Waals surface area contributed by atoms with Crippen LogP contribution in [0.15, 0.2) is 60.9 Å². The topological polar surface area (TPSA) is 162 Å². The van der Waals surface area contributed by atoms with Gasteiger partial charge in [0.15, 0.2) is 0 Å². The molecule has 0 unspecified atom stereocenters. The van der Waals surface area contributed by atoms with Crippen molar-refractivity contribution in [2.24, 2.45) is 11.5 Å². The molecule has 9 heteroatoms. The Hall–Kier alpha value is -4.40. The third kappa shape index (κ3) is 6.10. The smallest absolute Gasteiger partial charge is 0.325 e. The van der Waals surface area contributed by atoms with Crippen molar-refractivity contribution in [3.05, 3.63) is 94.3 Å². The van der Waals surface area contributed by atoms with Gasteiger partial charge in [-0.3, -0.25) is 20.4 Å². The van der Waals surface area contributed by atoms with Crippen LogP contribution in [0.4, 0.5) is 0 Å². The summed E-state index contributed by atoms with van der Waals surface area (Å²) in [6.45, 7) is 1.86. The summed E-state index contributed by atoms with van der Waals surface area (Å²) in [5.74, 6) is -0.908. The highest BCUT2D eigenvalue weighted by molar-refractivity contribution is 5.98. The van der Waals surface area contributed by atoms with E-state index in [-0.39, 0.29) is 37.3 Å². The molecule has 0 atom stereocenters. The fraction of sp³-hybridized carbons (Fsp3) is 0.200. The number of ether oxygens (including phenoxy) is 1. The number of carbonyl (C=O) groups is 2. The Labute approximate surface area is 197 Å². The molecular formula is C25H28N6O3. The Morgan fingerprint density at radius 1 is 0.971 bits per heavy atom. The molecular weight excluding hydrogens is 432 g/mol. The molecule has 176 valence electrons. The van der Waals surface area contributed by atoms with E-state index in [9.17, 15) is 9.59 Å². The van der Waals surface area contributed by atoms with Gasteiger partial charge in [0.2, 0.25) is 0 Å². The normalized spacial score (nSPS) is 10.5. The SMILES string of the molecule is CCOC(=O)CN(Cc1cccc(C(=N)N)c1)C(=O)c1c[nH]cc1Cc1ccc(C(=N)N)cc1. The lowest BCUT2D eigenvalue weighted by atomic mass is 10.0. The molecule has 0 radical (unpaired) electrons. The Kier molecular flexibility index (Phi) is 7.81. The number of benzene rings is 2. The summed E-state index contributed by atoms with van der Waals surface area (Å²) >= 11 is 0. The number of rotatable bonds is 10. The molecule has 34 heavy (non-hydrogen) atoms. The number of nitrogens with one attached hydrogen (secondary N) is 3. The van der Waals surface area contributed by atoms with E-state index in [1.165, 1.54) is 4.90 Å². The quantitative estimate of drug-likeness (QED) is 0.178. The van der Waals surface area contributed by atoms with Gasteiger partial charge in [-0.1, -0.05) is 42.5 Å². The highest BCUT2D eigenvalue weighted by Gasteiger charge is 2.23. The average Bonchev–Trinajstić information content (AvgIpc) is 3.27. The number of H-pyrrole nitrogens is 1. The molecule has 0 spiro atoms. The van der Waals surface area contributed by atoms with Crippen molar-refractivity contribution in [3.63, 3.8) is 0 Å². The first-order chi connectivity index (χ1) is 16.3. The standard InChI is InChI=1S/C25H28N6O3/c1-2-34-22(32)15-31(14-17-4-3-5-19(11-17)24(28)29)25(33)21-13-30-12-20(21)10-16-6-8-18(9-7-16)23(26)27/h3-9,11-13,30H,2,10,14-15H2,1H3,(H3,26,27)(H3,28,29). The molecule has 1 amide bonds. The number of amidine groups is 2. The van der Waals surface area contributed by atoms with Gasteiger partial charge < -0.3 is 26.1 Å². The second-order valence-corrected chi connectivity index (χ2v) is 7.76. The summed E-state index contributed by atoms with van der Waals surface area (Å²) in [6, 6.07) is 14.3. The van der Waals surface area contributed by atoms with E-state index in [4.69, 9.17) is 27.0 Å². The van der Waals surface area contributed by atoms with Gasteiger partial charge in [0.1, 0.15) is 18.2 Å². The number of amides is 1. The molecule has 0 bridgehead atoms. The molecule has 2 aromatic carbocycles. The molecule has 0 saturated heterocycles. The summed E-state index contributed by atoms with van der Waals surface area (Å²) in [4.78, 5) is 30.2. The molecule has 0 aliphatic rings. The van der Waals surface area contributed by atoms with Crippen molar-refractivity contribution in [1.29, 1.82) is 10.8 Å². The zero-order valence-electron chi connectivity index (χ0n) is 18.9. The highest BCUT2D eigenvalue weighted by atomic mass is 16.5. The van der Waals surface area contributed by atoms with Crippen molar-refractivity contribution >= 4 is 23.5 Å². The van der Waals surface area contributed by atoms with Gasteiger partial charge >= 0.3 is 5.97 Å². The second kappa shape index (κ2) is 11.0. The van der Waals surface area contributed by atoms with E-state index in [0.29, 0.717) is 23.1 Å². The number of nitrogens with two attached hydrogens (primary N) is 2. The Morgan fingerprint density at radius 2 is 1.68 bits per heavy atom. The van der Waals surface area contributed by atoms with Crippen LogP contribution in [0.5, 0.6) is 0 Å². The van der Waals surface area contributed by atoms with Crippen LogP contribution in [0.1, 0.15) is 45.1 Å². The number of esters is 1. The van der Waals surface area contributed by atoms with Gasteiger partial charge in [-0.2, -0.15) is 0 Å². The molecule has 3 aromatic rings. The lowest BCUT2D eigenvalue weighted by Gasteiger charge is -2.22. The van der Waals surface area contributed by atoms with E-state index in [1.807, 2.05) is 18.2 Å². The molecule has 0 fully saturated rings. The lowest BCUT2D eigenvalue weighted by Crippen LogP contribution is -2.36. The molecule has 0 saturated carbocycles. The lowest BCUT2D eigenvalue weighted by molar-refractivity contribution is -0.143. The van der Waals surface area contributed by atoms with Crippen LogP contribution in [0.3, 0.4) is 0 Å². The first-order valence-electron chi connectivity index (χ1n) is 10.8. The molecule has 0 aliphatic carbocycles. The number of carbonyl (C=O) groups excluding carboxylic acids is 2. The number of hydrogen-bond acceptors (Lipinski definition) is 5. The van der Waals surface area contributed by atoms with Gasteiger partial charge in [0, 0.05) is 30.1 Å². The highest BCUT2D eigenvalue weighted by Crippen LogP contribution is 2.19. The molecule has 3 rings (SSSR count). The second-order valence-electron chi connectivity index (χ2n) is 7.76. The Morgan fingerprint density at radius 3 is 2.32 bits per heavy atom. The zero-order valence-corrected chi connectivity index (χ0v) is 18.9. The largest absolute Gasteiger partial charge is 0.465 e. The minimum absolute atomic E-state index is 0.00693. The van der Waals surface area contributed by atoms with Crippen LogP contribution < -0.4 is 11.5 Å². The van der Waals surface area contributed by atoms with Gasteiger partial charge in [-0.05, 0) is 36.1 Å². The fourth-order valence-corrected chi connectivity index (χ4v) is 3.55. The summed E-state index contributed by atoms with van der Waals surface area (Å²) in [7, 11) is 0. The monoisotopic (exact) mass is 460 g/mol. The van der Waals surface area contributed by atoms with Crippen molar-refractivity contribution in [2.75, 3.05) is 13.2 Å². The molecule has 7 N–H and O–H groups in total. The van der Waals surface area contributed by atoms with Crippen LogP contribution in [0, 0.1) is 10.8 Å². The van der Waals surface area contributed by atoms with E-state index >= 15 is 0 Å². The minimum atomic E-state index is -0.504. The van der Waals surface area contributed by atoms with Gasteiger partial charge in [-0.15, -0.1) is 0 Å². The first-order valence-corrected chi connectivity index (χ1v) is 10.8. The number of aromatic nitrogens is 1. The van der Waals surface area contributed by atoms with E-state index < -0.39 is 5.97 Å². The van der Waals surface area contributed by atoms with Crippen molar-refractivity contribution < 1.29 is 14.3 Å². The third-order valence-corrected chi connectivity index (χ3v) is 5.25. The van der Waals surface area contributed by atoms with Crippen LogP contribution in [-0.4, -0.2) is 46.6 Å². The zero-order chi connectivity index (χ0) is 24.7. The third-order valence-electron chi connectivity index (χ3n) is 5.25. The van der Waals surface area contributed by atoms with Crippen LogP contribution in [0.2, 0.25) is 0 Å². The maximum atomic E-state index is 13.5.